The van der Waals surface area contributed by atoms with Crippen molar-refractivity contribution in [2.24, 2.45) is 0 Å². The van der Waals surface area contributed by atoms with Gasteiger partial charge in [-0.1, -0.05) is 20.8 Å². The Morgan fingerprint density at radius 2 is 1.94 bits per heavy atom. The minimum atomic E-state index is -3.12. The van der Waals surface area contributed by atoms with Gasteiger partial charge in [0.05, 0.1) is 12.4 Å². The average molecular weight is 280 g/mol. The summed E-state index contributed by atoms with van der Waals surface area (Å²) in [5.74, 6) is 0.227. The topological polar surface area (TPSA) is 58.6 Å². The Labute approximate surface area is 112 Å². The van der Waals surface area contributed by atoms with Gasteiger partial charge in [-0.15, -0.1) is 0 Å². The molecule has 0 aliphatic rings. The van der Waals surface area contributed by atoms with E-state index < -0.39 is 10.0 Å². The molecular weight excluding hydrogens is 252 g/mol. The first-order valence-corrected chi connectivity index (χ1v) is 8.25. The van der Waals surface area contributed by atoms with Gasteiger partial charge in [0.2, 0.25) is 10.0 Å². The number of ether oxygens (including phenoxy) is 1. The van der Waals surface area contributed by atoms with Crippen LogP contribution in [-0.4, -0.2) is 57.9 Å². The predicted molar refractivity (Wildman–Crippen MR) is 75.3 cm³/mol. The Kier molecular flexibility index (Phi) is 9.63. The van der Waals surface area contributed by atoms with Gasteiger partial charge in [0.1, 0.15) is 0 Å². The van der Waals surface area contributed by atoms with Crippen LogP contribution in [0.2, 0.25) is 0 Å². The molecule has 18 heavy (non-hydrogen) atoms. The zero-order valence-electron chi connectivity index (χ0n) is 12.1. The van der Waals surface area contributed by atoms with E-state index in [0.717, 1.165) is 13.0 Å². The second kappa shape index (κ2) is 9.72. The molecular formula is C12H28N2O3S. The lowest BCUT2D eigenvalue weighted by Gasteiger charge is -2.20. The molecule has 0 spiro atoms. The summed E-state index contributed by atoms with van der Waals surface area (Å²) in [4.78, 5) is 0. The molecule has 0 atom stereocenters. The zero-order chi connectivity index (χ0) is 14.0. The maximum Gasteiger partial charge on any atom is 0.214 e. The molecule has 0 rings (SSSR count). The maximum atomic E-state index is 12.0. The van der Waals surface area contributed by atoms with E-state index in [1.807, 2.05) is 6.92 Å². The van der Waals surface area contributed by atoms with E-state index in [4.69, 9.17) is 4.74 Å². The van der Waals surface area contributed by atoms with E-state index in [1.54, 1.807) is 7.11 Å². The van der Waals surface area contributed by atoms with Crippen LogP contribution < -0.4 is 5.32 Å². The second-order valence-corrected chi connectivity index (χ2v) is 6.70. The summed E-state index contributed by atoms with van der Waals surface area (Å²) in [5.41, 5.74) is 0. The number of hydrogen-bond donors (Lipinski definition) is 1. The lowest BCUT2D eigenvalue weighted by atomic mass is 10.3. The number of methoxy groups -OCH3 is 1. The van der Waals surface area contributed by atoms with Crippen molar-refractivity contribution in [1.29, 1.82) is 0 Å². The molecule has 0 aromatic heterocycles. The van der Waals surface area contributed by atoms with E-state index in [2.05, 4.69) is 19.2 Å². The van der Waals surface area contributed by atoms with Gasteiger partial charge >= 0.3 is 0 Å². The first-order chi connectivity index (χ1) is 8.44. The SMILES string of the molecule is CCN(CCOC)S(=O)(=O)CCCCNC(C)C. The summed E-state index contributed by atoms with van der Waals surface area (Å²) in [5, 5.41) is 3.28. The number of hydrogen-bond acceptors (Lipinski definition) is 4. The minimum absolute atomic E-state index is 0.227. The summed E-state index contributed by atoms with van der Waals surface area (Å²) >= 11 is 0. The standard InChI is InChI=1S/C12H28N2O3S/c1-5-14(9-10-17-4)18(15,16)11-7-6-8-13-12(2)3/h12-13H,5-11H2,1-4H3. The molecule has 0 saturated carbocycles. The van der Waals surface area contributed by atoms with E-state index in [0.29, 0.717) is 32.2 Å². The van der Waals surface area contributed by atoms with Crippen LogP contribution in [0.15, 0.2) is 0 Å². The van der Waals surface area contributed by atoms with Gasteiger partial charge in [-0.3, -0.25) is 0 Å². The molecule has 0 aliphatic carbocycles. The molecule has 0 fully saturated rings. The lowest BCUT2D eigenvalue weighted by molar-refractivity contribution is 0.180. The van der Waals surface area contributed by atoms with Crippen molar-refractivity contribution in [3.05, 3.63) is 0 Å². The summed E-state index contributed by atoms with van der Waals surface area (Å²) < 4.78 is 30.4. The molecule has 0 bridgehead atoms. The molecule has 0 unspecified atom stereocenters. The number of rotatable bonds is 11. The monoisotopic (exact) mass is 280 g/mol. The largest absolute Gasteiger partial charge is 0.383 e. The number of nitrogens with one attached hydrogen (secondary N) is 1. The third kappa shape index (κ3) is 8.02. The highest BCUT2D eigenvalue weighted by Gasteiger charge is 2.19. The molecule has 0 heterocycles. The highest BCUT2D eigenvalue weighted by atomic mass is 32.2. The Morgan fingerprint density at radius 1 is 1.28 bits per heavy atom. The van der Waals surface area contributed by atoms with Crippen LogP contribution >= 0.6 is 0 Å². The normalized spacial score (nSPS) is 12.6. The average Bonchev–Trinajstić information content (AvgIpc) is 2.28. The number of likely N-dealkylation sites (N-methyl/N-ethyl adjacent to an activating group) is 1. The third-order valence-electron chi connectivity index (χ3n) is 2.67. The minimum Gasteiger partial charge on any atom is -0.383 e. The van der Waals surface area contributed by atoms with Gasteiger partial charge in [0.25, 0.3) is 0 Å². The highest BCUT2D eigenvalue weighted by Crippen LogP contribution is 2.04. The molecule has 0 saturated heterocycles. The van der Waals surface area contributed by atoms with Gasteiger partial charge in [-0.2, -0.15) is 4.31 Å². The molecule has 0 aromatic rings. The van der Waals surface area contributed by atoms with Gasteiger partial charge in [-0.05, 0) is 19.4 Å². The number of unbranched alkanes of at least 4 members (excludes halogenated alkanes) is 1. The van der Waals surface area contributed by atoms with Crippen LogP contribution in [0.4, 0.5) is 0 Å². The highest BCUT2D eigenvalue weighted by molar-refractivity contribution is 7.89. The molecule has 0 radical (unpaired) electrons. The molecule has 0 aliphatic heterocycles. The Bertz CT molecular complexity index is 292. The molecule has 0 aromatic carbocycles. The van der Waals surface area contributed by atoms with Crippen molar-refractivity contribution in [2.45, 2.75) is 39.7 Å². The fourth-order valence-electron chi connectivity index (χ4n) is 1.62. The number of nitrogens with zero attached hydrogens (tertiary/aromatic N) is 1. The zero-order valence-corrected chi connectivity index (χ0v) is 12.9. The fourth-order valence-corrected chi connectivity index (χ4v) is 3.19. The Morgan fingerprint density at radius 3 is 2.44 bits per heavy atom. The van der Waals surface area contributed by atoms with Gasteiger partial charge in [0.15, 0.2) is 0 Å². The van der Waals surface area contributed by atoms with Crippen molar-refractivity contribution < 1.29 is 13.2 Å². The summed E-state index contributed by atoms with van der Waals surface area (Å²) in [6, 6.07) is 0.454. The van der Waals surface area contributed by atoms with Crippen LogP contribution in [0.5, 0.6) is 0 Å². The van der Waals surface area contributed by atoms with E-state index >= 15 is 0 Å². The van der Waals surface area contributed by atoms with Gasteiger partial charge in [-0.25, -0.2) is 8.42 Å². The smallest absolute Gasteiger partial charge is 0.214 e. The fraction of sp³-hybridized carbons (Fsp3) is 1.00. The Hall–Kier alpha value is -0.170. The Balaban J connectivity index is 3.96. The lowest BCUT2D eigenvalue weighted by Crippen LogP contribution is -2.35. The van der Waals surface area contributed by atoms with Gasteiger partial charge in [0, 0.05) is 26.2 Å². The molecule has 1 N–H and O–H groups in total. The van der Waals surface area contributed by atoms with Crippen molar-refractivity contribution in [1.82, 2.24) is 9.62 Å². The van der Waals surface area contributed by atoms with Crippen molar-refractivity contribution >= 4 is 10.0 Å². The van der Waals surface area contributed by atoms with Crippen LogP contribution in [0, 0.1) is 0 Å². The first kappa shape index (κ1) is 17.8. The number of sulfonamides is 1. The maximum absolute atomic E-state index is 12.0. The molecule has 6 heteroatoms. The molecule has 0 amide bonds. The van der Waals surface area contributed by atoms with Crippen molar-refractivity contribution in [3.8, 4) is 0 Å². The summed E-state index contributed by atoms with van der Waals surface area (Å²) in [7, 11) is -1.54. The second-order valence-electron chi connectivity index (χ2n) is 4.62. The predicted octanol–water partition coefficient (Wildman–Crippen LogP) is 1.06. The summed E-state index contributed by atoms with van der Waals surface area (Å²) in [6.07, 6.45) is 1.59. The molecule has 5 nitrogen and oxygen atoms in total. The van der Waals surface area contributed by atoms with Crippen LogP contribution in [0.1, 0.15) is 33.6 Å². The van der Waals surface area contributed by atoms with Gasteiger partial charge < -0.3 is 10.1 Å². The van der Waals surface area contributed by atoms with Crippen LogP contribution in [0.3, 0.4) is 0 Å². The first-order valence-electron chi connectivity index (χ1n) is 6.64. The summed E-state index contributed by atoms with van der Waals surface area (Å²) in [6.45, 7) is 8.29. The van der Waals surface area contributed by atoms with Crippen molar-refractivity contribution in [2.75, 3.05) is 39.1 Å². The quantitative estimate of drug-likeness (QED) is 0.575. The van der Waals surface area contributed by atoms with E-state index in [9.17, 15) is 8.42 Å². The molecule has 110 valence electrons. The van der Waals surface area contributed by atoms with Crippen molar-refractivity contribution in [3.63, 3.8) is 0 Å². The van der Waals surface area contributed by atoms with E-state index in [-0.39, 0.29) is 5.75 Å². The van der Waals surface area contributed by atoms with Crippen LogP contribution in [0.25, 0.3) is 0 Å². The third-order valence-corrected chi connectivity index (χ3v) is 4.70. The van der Waals surface area contributed by atoms with E-state index in [1.165, 1.54) is 4.31 Å². The van der Waals surface area contributed by atoms with Crippen LogP contribution in [-0.2, 0) is 14.8 Å².